The summed E-state index contributed by atoms with van der Waals surface area (Å²) in [4.78, 5) is 20.8. The SMILES string of the molecule is CCC(Cn1ccnc1)NC(=O)c1ccc2ccccc2n1. The Morgan fingerprint density at radius 2 is 2.14 bits per heavy atom. The number of benzene rings is 1. The molecule has 1 unspecified atom stereocenters. The van der Waals surface area contributed by atoms with Gasteiger partial charge in [0.05, 0.1) is 11.8 Å². The molecule has 1 atom stereocenters. The first-order valence-corrected chi connectivity index (χ1v) is 7.38. The molecule has 1 N–H and O–H groups in total. The first kappa shape index (κ1) is 14.3. The molecule has 112 valence electrons. The van der Waals surface area contributed by atoms with Crippen LogP contribution in [-0.4, -0.2) is 26.5 Å². The standard InChI is InChI=1S/C17H18N4O/c1-2-14(11-21-10-9-18-12-21)19-17(22)16-8-7-13-5-3-4-6-15(13)20-16/h3-10,12,14H,2,11H2,1H3,(H,19,22). The highest BCUT2D eigenvalue weighted by atomic mass is 16.1. The third kappa shape index (κ3) is 3.14. The van der Waals surface area contributed by atoms with Crippen LogP contribution >= 0.6 is 0 Å². The van der Waals surface area contributed by atoms with E-state index in [0.717, 1.165) is 17.3 Å². The van der Waals surface area contributed by atoms with Crippen molar-refractivity contribution < 1.29 is 4.79 Å². The number of aromatic nitrogens is 3. The van der Waals surface area contributed by atoms with Gasteiger partial charge in [-0.05, 0) is 18.6 Å². The van der Waals surface area contributed by atoms with E-state index in [-0.39, 0.29) is 11.9 Å². The van der Waals surface area contributed by atoms with Gasteiger partial charge in [-0.15, -0.1) is 0 Å². The molecular weight excluding hydrogens is 276 g/mol. The quantitative estimate of drug-likeness (QED) is 0.787. The number of hydrogen-bond acceptors (Lipinski definition) is 3. The number of fused-ring (bicyclic) bond motifs is 1. The number of imidazole rings is 1. The molecule has 3 aromatic rings. The largest absolute Gasteiger partial charge is 0.346 e. The zero-order valence-corrected chi connectivity index (χ0v) is 12.4. The second-order valence-corrected chi connectivity index (χ2v) is 5.23. The monoisotopic (exact) mass is 294 g/mol. The summed E-state index contributed by atoms with van der Waals surface area (Å²) in [5.41, 5.74) is 1.28. The van der Waals surface area contributed by atoms with Crippen molar-refractivity contribution in [1.82, 2.24) is 19.9 Å². The molecule has 0 saturated heterocycles. The number of nitrogens with zero attached hydrogens (tertiary/aromatic N) is 3. The summed E-state index contributed by atoms with van der Waals surface area (Å²) in [5.74, 6) is -0.141. The maximum atomic E-state index is 12.4. The predicted molar refractivity (Wildman–Crippen MR) is 85.5 cm³/mol. The molecule has 0 aliphatic carbocycles. The van der Waals surface area contributed by atoms with E-state index in [2.05, 4.69) is 22.2 Å². The van der Waals surface area contributed by atoms with Crippen LogP contribution < -0.4 is 5.32 Å². The highest BCUT2D eigenvalue weighted by Gasteiger charge is 2.14. The van der Waals surface area contributed by atoms with Gasteiger partial charge in [0.15, 0.2) is 0 Å². The van der Waals surface area contributed by atoms with Crippen LogP contribution in [0.1, 0.15) is 23.8 Å². The van der Waals surface area contributed by atoms with Crippen LogP contribution in [0.2, 0.25) is 0 Å². The van der Waals surface area contributed by atoms with Gasteiger partial charge >= 0.3 is 0 Å². The predicted octanol–water partition coefficient (Wildman–Crippen LogP) is 2.64. The lowest BCUT2D eigenvalue weighted by Gasteiger charge is -2.17. The molecule has 5 heteroatoms. The first-order chi connectivity index (χ1) is 10.8. The van der Waals surface area contributed by atoms with Crippen molar-refractivity contribution in [2.75, 3.05) is 0 Å². The molecule has 0 spiro atoms. The van der Waals surface area contributed by atoms with E-state index in [4.69, 9.17) is 0 Å². The minimum absolute atomic E-state index is 0.0509. The second kappa shape index (κ2) is 6.39. The van der Waals surface area contributed by atoms with Gasteiger partial charge in [-0.25, -0.2) is 9.97 Å². The van der Waals surface area contributed by atoms with Crippen molar-refractivity contribution in [2.45, 2.75) is 25.9 Å². The van der Waals surface area contributed by atoms with Gasteiger partial charge in [0.25, 0.3) is 5.91 Å². The number of carbonyl (C=O) groups excluding carboxylic acids is 1. The van der Waals surface area contributed by atoms with Gasteiger partial charge in [-0.1, -0.05) is 31.2 Å². The molecule has 0 fully saturated rings. The van der Waals surface area contributed by atoms with E-state index in [1.165, 1.54) is 0 Å². The molecule has 3 rings (SSSR count). The van der Waals surface area contributed by atoms with Crippen molar-refractivity contribution in [3.8, 4) is 0 Å². The van der Waals surface area contributed by atoms with Gasteiger partial charge < -0.3 is 9.88 Å². The van der Waals surface area contributed by atoms with E-state index >= 15 is 0 Å². The summed E-state index contributed by atoms with van der Waals surface area (Å²) in [6.45, 7) is 2.76. The number of amides is 1. The number of pyridine rings is 1. The lowest BCUT2D eigenvalue weighted by molar-refractivity contribution is 0.0927. The fourth-order valence-electron chi connectivity index (χ4n) is 2.38. The minimum Gasteiger partial charge on any atom is -0.346 e. The fraction of sp³-hybridized carbons (Fsp3) is 0.235. The molecule has 0 aliphatic heterocycles. The van der Waals surface area contributed by atoms with Crippen molar-refractivity contribution in [3.63, 3.8) is 0 Å². The Kier molecular flexibility index (Phi) is 4.14. The molecule has 2 aromatic heterocycles. The third-order valence-electron chi connectivity index (χ3n) is 3.65. The van der Waals surface area contributed by atoms with E-state index in [1.54, 1.807) is 18.6 Å². The van der Waals surface area contributed by atoms with Crippen LogP contribution in [0.4, 0.5) is 0 Å². The minimum atomic E-state index is -0.141. The summed E-state index contributed by atoms with van der Waals surface area (Å²) in [6, 6.07) is 11.5. The van der Waals surface area contributed by atoms with Crippen LogP contribution in [0.25, 0.3) is 10.9 Å². The molecule has 5 nitrogen and oxygen atoms in total. The first-order valence-electron chi connectivity index (χ1n) is 7.38. The highest BCUT2D eigenvalue weighted by Crippen LogP contribution is 2.12. The van der Waals surface area contributed by atoms with Gasteiger partial charge in [0.2, 0.25) is 0 Å². The molecule has 0 bridgehead atoms. The van der Waals surface area contributed by atoms with Crippen molar-refractivity contribution in [3.05, 3.63) is 60.8 Å². The Labute approximate surface area is 129 Å². The Morgan fingerprint density at radius 1 is 1.27 bits per heavy atom. The number of hydrogen-bond donors (Lipinski definition) is 1. The fourth-order valence-corrected chi connectivity index (χ4v) is 2.38. The summed E-state index contributed by atoms with van der Waals surface area (Å²) in [5, 5.41) is 4.07. The number of carbonyl (C=O) groups is 1. The van der Waals surface area contributed by atoms with E-state index < -0.39 is 0 Å². The Bertz CT molecular complexity index is 767. The molecule has 0 radical (unpaired) electrons. The van der Waals surface area contributed by atoms with Crippen LogP contribution in [0.5, 0.6) is 0 Å². The number of para-hydroxylation sites is 1. The molecular formula is C17H18N4O. The van der Waals surface area contributed by atoms with Crippen LogP contribution in [0.15, 0.2) is 55.1 Å². The molecule has 22 heavy (non-hydrogen) atoms. The maximum Gasteiger partial charge on any atom is 0.270 e. The maximum absolute atomic E-state index is 12.4. The average molecular weight is 294 g/mol. The summed E-state index contributed by atoms with van der Waals surface area (Å²) in [7, 11) is 0. The van der Waals surface area contributed by atoms with Gasteiger partial charge in [-0.3, -0.25) is 4.79 Å². The lowest BCUT2D eigenvalue weighted by atomic mass is 10.2. The number of rotatable bonds is 5. The zero-order chi connectivity index (χ0) is 15.4. The van der Waals surface area contributed by atoms with Gasteiger partial charge in [-0.2, -0.15) is 0 Å². The molecule has 0 aliphatic rings. The van der Waals surface area contributed by atoms with E-state index in [1.807, 2.05) is 41.1 Å². The molecule has 2 heterocycles. The smallest absolute Gasteiger partial charge is 0.270 e. The Balaban J connectivity index is 1.73. The summed E-state index contributed by atoms with van der Waals surface area (Å²) >= 11 is 0. The second-order valence-electron chi connectivity index (χ2n) is 5.23. The average Bonchev–Trinajstić information content (AvgIpc) is 3.06. The molecule has 1 aromatic carbocycles. The van der Waals surface area contributed by atoms with E-state index in [9.17, 15) is 4.79 Å². The van der Waals surface area contributed by atoms with Gasteiger partial charge in [0, 0.05) is 30.4 Å². The molecule has 1 amide bonds. The lowest BCUT2D eigenvalue weighted by Crippen LogP contribution is -2.37. The van der Waals surface area contributed by atoms with Crippen LogP contribution in [-0.2, 0) is 6.54 Å². The van der Waals surface area contributed by atoms with Crippen LogP contribution in [0.3, 0.4) is 0 Å². The summed E-state index contributed by atoms with van der Waals surface area (Å²) in [6.07, 6.45) is 6.23. The zero-order valence-electron chi connectivity index (χ0n) is 12.4. The summed E-state index contributed by atoms with van der Waals surface area (Å²) < 4.78 is 1.96. The van der Waals surface area contributed by atoms with Crippen molar-refractivity contribution >= 4 is 16.8 Å². The normalized spacial score (nSPS) is 12.2. The van der Waals surface area contributed by atoms with Crippen LogP contribution in [0, 0.1) is 0 Å². The number of nitrogens with one attached hydrogen (secondary N) is 1. The van der Waals surface area contributed by atoms with Crippen molar-refractivity contribution in [2.24, 2.45) is 0 Å². The Morgan fingerprint density at radius 3 is 2.91 bits per heavy atom. The third-order valence-corrected chi connectivity index (χ3v) is 3.65. The molecule has 0 saturated carbocycles. The highest BCUT2D eigenvalue weighted by molar-refractivity contribution is 5.95. The van der Waals surface area contributed by atoms with Crippen molar-refractivity contribution in [1.29, 1.82) is 0 Å². The topological polar surface area (TPSA) is 59.8 Å². The Hall–Kier alpha value is -2.69. The van der Waals surface area contributed by atoms with Gasteiger partial charge in [0.1, 0.15) is 5.69 Å². The van der Waals surface area contributed by atoms with E-state index in [0.29, 0.717) is 12.2 Å².